The standard InChI is InChI=1S/C22H18N4/c23-21-19-7-3-1-5-15(19)13-25(21)17-9-11-18(12-10-17)26-14-16-6-2-4-8-20(16)22(26)24/h1-12,23-24H,13-14H2/p+2. The van der Waals surface area contributed by atoms with Crippen molar-refractivity contribution in [2.45, 2.75) is 13.1 Å². The maximum Gasteiger partial charge on any atom is 0.280 e. The predicted octanol–water partition coefficient (Wildman–Crippen LogP) is 2.81. The molecule has 0 radical (unpaired) electrons. The second-order valence-electron chi connectivity index (χ2n) is 6.77. The summed E-state index contributed by atoms with van der Waals surface area (Å²) in [6.07, 6.45) is 0. The minimum Gasteiger partial charge on any atom is -0.286 e. The van der Waals surface area contributed by atoms with E-state index in [1.54, 1.807) is 0 Å². The van der Waals surface area contributed by atoms with Crippen molar-refractivity contribution in [2.24, 2.45) is 11.5 Å². The second-order valence-corrected chi connectivity index (χ2v) is 6.77. The van der Waals surface area contributed by atoms with Crippen LogP contribution in [0.1, 0.15) is 22.3 Å². The van der Waals surface area contributed by atoms with Crippen LogP contribution < -0.4 is 11.5 Å². The monoisotopic (exact) mass is 340 g/mol. The van der Waals surface area contributed by atoms with Crippen molar-refractivity contribution in [2.75, 3.05) is 0 Å². The lowest BCUT2D eigenvalue weighted by molar-refractivity contribution is -0.457. The zero-order valence-corrected chi connectivity index (χ0v) is 14.4. The summed E-state index contributed by atoms with van der Waals surface area (Å²) in [5, 5.41) is 0. The van der Waals surface area contributed by atoms with E-state index in [1.165, 1.54) is 11.1 Å². The van der Waals surface area contributed by atoms with Gasteiger partial charge in [0.1, 0.15) is 24.5 Å². The Morgan fingerprint density at radius 3 is 1.31 bits per heavy atom. The van der Waals surface area contributed by atoms with Gasteiger partial charge in [0, 0.05) is 11.1 Å². The molecule has 0 aromatic heterocycles. The number of hydrogen-bond acceptors (Lipinski definition) is 2. The lowest BCUT2D eigenvalue weighted by atomic mass is 10.1. The van der Waals surface area contributed by atoms with Gasteiger partial charge in [-0.1, -0.05) is 36.4 Å². The number of fused-ring (bicyclic) bond motifs is 2. The number of benzene rings is 3. The van der Waals surface area contributed by atoms with E-state index < -0.39 is 0 Å². The molecule has 0 atom stereocenters. The fourth-order valence-corrected chi connectivity index (χ4v) is 3.89. The van der Waals surface area contributed by atoms with Crippen molar-refractivity contribution in [1.29, 1.82) is 0 Å². The maximum atomic E-state index is 6.37. The van der Waals surface area contributed by atoms with Gasteiger partial charge in [0.15, 0.2) is 0 Å². The van der Waals surface area contributed by atoms with Crippen molar-refractivity contribution >= 4 is 23.0 Å². The van der Waals surface area contributed by atoms with E-state index in [4.69, 9.17) is 11.5 Å². The molecule has 0 bridgehead atoms. The molecule has 2 heterocycles. The highest BCUT2D eigenvalue weighted by Gasteiger charge is 2.27. The molecule has 0 saturated heterocycles. The Morgan fingerprint density at radius 1 is 0.538 bits per heavy atom. The third-order valence-electron chi connectivity index (χ3n) is 5.30. The van der Waals surface area contributed by atoms with E-state index >= 15 is 0 Å². The van der Waals surface area contributed by atoms with Crippen LogP contribution in [0.5, 0.6) is 0 Å². The van der Waals surface area contributed by atoms with Crippen LogP contribution in [0.2, 0.25) is 0 Å². The number of nitrogens with zero attached hydrogens (tertiary/aromatic N) is 2. The first-order valence-electron chi connectivity index (χ1n) is 8.79. The Kier molecular flexibility index (Phi) is 3.19. The van der Waals surface area contributed by atoms with Crippen LogP contribution in [0.4, 0.5) is 11.4 Å². The lowest BCUT2D eigenvalue weighted by Crippen LogP contribution is -2.21. The highest BCUT2D eigenvalue weighted by molar-refractivity contribution is 5.97. The number of rotatable bonds is 2. The molecule has 0 saturated carbocycles. The van der Waals surface area contributed by atoms with Crippen LogP contribution in [-0.2, 0) is 13.1 Å². The largest absolute Gasteiger partial charge is 0.286 e. The van der Waals surface area contributed by atoms with Gasteiger partial charge in [-0.25, -0.2) is 9.15 Å². The molecule has 0 aliphatic carbocycles. The van der Waals surface area contributed by atoms with Gasteiger partial charge in [0.25, 0.3) is 11.7 Å². The highest BCUT2D eigenvalue weighted by Crippen LogP contribution is 2.28. The van der Waals surface area contributed by atoms with E-state index in [2.05, 4.69) is 69.8 Å². The molecule has 2 aliphatic heterocycles. The minimum atomic E-state index is 0.810. The molecule has 4 nitrogen and oxygen atoms in total. The first-order valence-corrected chi connectivity index (χ1v) is 8.79. The molecule has 0 spiro atoms. The van der Waals surface area contributed by atoms with Gasteiger partial charge in [-0.05, 0) is 36.4 Å². The topological polar surface area (TPSA) is 58.1 Å². The summed E-state index contributed by atoms with van der Waals surface area (Å²) in [4.78, 5) is 0. The zero-order chi connectivity index (χ0) is 17.7. The lowest BCUT2D eigenvalue weighted by Gasteiger charge is -2.06. The summed E-state index contributed by atoms with van der Waals surface area (Å²) in [5.41, 5.74) is 19.7. The van der Waals surface area contributed by atoms with Crippen LogP contribution in [0.15, 0.2) is 72.8 Å². The van der Waals surface area contributed by atoms with Gasteiger partial charge in [-0.3, -0.25) is 11.5 Å². The molecule has 4 N–H and O–H groups in total. The average Bonchev–Trinajstić information content (AvgIpc) is 3.20. The minimum absolute atomic E-state index is 0.810. The van der Waals surface area contributed by atoms with Crippen LogP contribution >= 0.6 is 0 Å². The van der Waals surface area contributed by atoms with Crippen molar-refractivity contribution in [3.8, 4) is 0 Å². The third-order valence-corrected chi connectivity index (χ3v) is 5.30. The summed E-state index contributed by atoms with van der Waals surface area (Å²) >= 11 is 0. The van der Waals surface area contributed by atoms with Crippen molar-refractivity contribution in [3.63, 3.8) is 0 Å². The number of nitrogens with two attached hydrogens (primary N) is 2. The van der Waals surface area contributed by atoms with Gasteiger partial charge in [0.05, 0.1) is 11.1 Å². The molecule has 4 heteroatoms. The fraction of sp³-hybridized carbons (Fsp3) is 0.0909. The van der Waals surface area contributed by atoms with Gasteiger partial charge < -0.3 is 0 Å². The molecule has 5 rings (SSSR count). The second kappa shape index (κ2) is 5.56. The fourth-order valence-electron chi connectivity index (χ4n) is 3.89. The summed E-state index contributed by atoms with van der Waals surface area (Å²) in [7, 11) is 0. The average molecular weight is 340 g/mol. The summed E-state index contributed by atoms with van der Waals surface area (Å²) in [5.74, 6) is 1.63. The molecule has 126 valence electrons. The Labute approximate surface area is 152 Å². The van der Waals surface area contributed by atoms with Crippen LogP contribution in [-0.4, -0.2) is 20.8 Å². The van der Waals surface area contributed by atoms with E-state index in [0.717, 1.165) is 47.3 Å². The third kappa shape index (κ3) is 2.15. The molecule has 3 aromatic rings. The molecule has 0 fully saturated rings. The van der Waals surface area contributed by atoms with Crippen LogP contribution in [0, 0.1) is 0 Å². The molecule has 3 aromatic carbocycles. The van der Waals surface area contributed by atoms with E-state index in [-0.39, 0.29) is 0 Å². The van der Waals surface area contributed by atoms with Gasteiger partial charge in [-0.2, -0.15) is 0 Å². The summed E-state index contributed by atoms with van der Waals surface area (Å²) < 4.78 is 4.31. The van der Waals surface area contributed by atoms with Gasteiger partial charge in [0.2, 0.25) is 0 Å². The first kappa shape index (κ1) is 14.9. The normalized spacial score (nSPS) is 15.4. The van der Waals surface area contributed by atoms with E-state index in [1.807, 2.05) is 12.1 Å². The van der Waals surface area contributed by atoms with Crippen molar-refractivity contribution in [3.05, 3.63) is 95.1 Å². The van der Waals surface area contributed by atoms with Crippen molar-refractivity contribution in [1.82, 2.24) is 0 Å². The maximum absolute atomic E-state index is 6.37. The molecule has 26 heavy (non-hydrogen) atoms. The molecular formula is C22H20N4+2. The Hall–Kier alpha value is -3.40. The first-order chi connectivity index (χ1) is 12.7. The molecule has 0 amide bonds. The quantitative estimate of drug-likeness (QED) is 0.705. The molecule has 2 aliphatic rings. The molecule has 0 unspecified atom stereocenters. The Bertz CT molecular complexity index is 1000. The van der Waals surface area contributed by atoms with Crippen LogP contribution in [0.25, 0.3) is 0 Å². The van der Waals surface area contributed by atoms with E-state index in [0.29, 0.717) is 0 Å². The number of amidine groups is 2. The van der Waals surface area contributed by atoms with Gasteiger partial charge >= 0.3 is 0 Å². The van der Waals surface area contributed by atoms with Crippen LogP contribution in [0.3, 0.4) is 0 Å². The molecular weight excluding hydrogens is 320 g/mol. The Balaban J connectivity index is 1.49. The smallest absolute Gasteiger partial charge is 0.280 e. The van der Waals surface area contributed by atoms with E-state index in [9.17, 15) is 0 Å². The zero-order valence-electron chi connectivity index (χ0n) is 14.4. The summed E-state index contributed by atoms with van der Waals surface area (Å²) in [6, 6.07) is 25.1. The Morgan fingerprint density at radius 2 is 0.923 bits per heavy atom. The van der Waals surface area contributed by atoms with Crippen molar-refractivity contribution < 1.29 is 9.15 Å². The van der Waals surface area contributed by atoms with Gasteiger partial charge in [-0.15, -0.1) is 0 Å². The summed E-state index contributed by atoms with van der Waals surface area (Å²) in [6.45, 7) is 1.62. The SMILES string of the molecule is NC1=[N+](c2ccc([N+]3=C(N)c4ccccc4C3)cc2)Cc2ccccc21. The highest BCUT2D eigenvalue weighted by atomic mass is 15.1. The predicted molar refractivity (Wildman–Crippen MR) is 103 cm³/mol. The number of hydrogen-bond donors (Lipinski definition) is 2.